The molecule has 0 radical (unpaired) electrons. The number of rotatable bonds is 16. The highest BCUT2D eigenvalue weighted by molar-refractivity contribution is 6.33. The minimum atomic E-state index is 1.06. The lowest BCUT2D eigenvalue weighted by molar-refractivity contribution is 1.28. The summed E-state index contributed by atoms with van der Waals surface area (Å²) in [5.41, 5.74) is 22.1. The van der Waals surface area contributed by atoms with E-state index in [0.717, 1.165) is 129 Å². The molecule has 0 atom stereocenters. The first-order valence-electron chi connectivity index (χ1n) is 32.1. The first kappa shape index (κ1) is 56.7. The summed E-state index contributed by atoms with van der Waals surface area (Å²) >= 11 is 0. The summed E-state index contributed by atoms with van der Waals surface area (Å²) in [4.78, 5) is 9.38. The fourth-order valence-corrected chi connectivity index (χ4v) is 13.7. The predicted octanol–water partition coefficient (Wildman–Crippen LogP) is 25.7. The zero-order valence-corrected chi connectivity index (χ0v) is 51.7. The second-order valence-corrected chi connectivity index (χ2v) is 23.6. The molecule has 0 N–H and O–H groups in total. The Morgan fingerprint density at radius 1 is 0.138 bits per heavy atom. The maximum Gasteiger partial charge on any atom is 0.0468 e. The molecule has 0 aliphatic carbocycles. The Kier molecular flexibility index (Phi) is 15.3. The van der Waals surface area contributed by atoms with Crippen LogP contribution >= 0.6 is 0 Å². The molecule has 16 aromatic rings. The van der Waals surface area contributed by atoms with Gasteiger partial charge in [0.25, 0.3) is 0 Å². The molecule has 0 aromatic heterocycles. The van der Waals surface area contributed by atoms with Crippen LogP contribution in [0, 0.1) is 0 Å². The smallest absolute Gasteiger partial charge is 0.0468 e. The van der Waals surface area contributed by atoms with E-state index in [1.165, 1.54) is 16.3 Å². The molecule has 16 aromatic carbocycles. The van der Waals surface area contributed by atoms with Crippen LogP contribution in [0.25, 0.3) is 76.8 Å². The number of fused-ring (bicyclic) bond motifs is 6. The van der Waals surface area contributed by atoms with Gasteiger partial charge in [0.2, 0.25) is 0 Å². The molecule has 0 amide bonds. The number of para-hydroxylation sites is 8. The van der Waals surface area contributed by atoms with Crippen LogP contribution in [0.4, 0.5) is 68.2 Å². The Morgan fingerprint density at radius 2 is 0.394 bits per heavy atom. The SMILES string of the molecule is c1ccc(-c2cc(-c3ccc(N(c4ccccc4)c4ccccc4)cc3)c3c4ccc(-c5ccc(N(c6ccccc6)c6ccccc6)cc5)cc4c4cc(N(c5ccccc5)c5ccccc5)ccc4c3c2-c2ccc(N(c3ccccc3)c3ccccc3)cc2)cc1. The van der Waals surface area contributed by atoms with Crippen molar-refractivity contribution in [2.75, 3.05) is 19.6 Å². The van der Waals surface area contributed by atoms with Crippen molar-refractivity contribution in [2.45, 2.75) is 0 Å². The molecule has 0 fully saturated rings. The lowest BCUT2D eigenvalue weighted by Crippen LogP contribution is -2.09. The molecule has 0 saturated carbocycles. The number of hydrogen-bond acceptors (Lipinski definition) is 4. The highest BCUT2D eigenvalue weighted by Crippen LogP contribution is 2.52. The number of nitrogens with zero attached hydrogens (tertiary/aromatic N) is 4. The third-order valence-electron chi connectivity index (χ3n) is 17.9. The van der Waals surface area contributed by atoms with Crippen LogP contribution in [0.2, 0.25) is 0 Å². The molecule has 0 spiro atoms. The Labute approximate surface area is 549 Å². The van der Waals surface area contributed by atoms with Gasteiger partial charge >= 0.3 is 0 Å². The van der Waals surface area contributed by atoms with Crippen molar-refractivity contribution < 1.29 is 0 Å². The van der Waals surface area contributed by atoms with E-state index in [1.54, 1.807) is 0 Å². The summed E-state index contributed by atoms with van der Waals surface area (Å²) in [6.45, 7) is 0. The van der Waals surface area contributed by atoms with E-state index in [0.29, 0.717) is 0 Å². The average Bonchev–Trinajstić information content (AvgIpc) is 0.707. The normalized spacial score (nSPS) is 11.2. The number of benzene rings is 16. The molecule has 94 heavy (non-hydrogen) atoms. The summed E-state index contributed by atoms with van der Waals surface area (Å²) in [7, 11) is 0. The van der Waals surface area contributed by atoms with Crippen LogP contribution in [-0.2, 0) is 0 Å². The standard InChI is InChI=1S/C90H64N4/c1-10-28-66(29-11-1)84-64-85(67-48-55-79(56-49-67)92(72-34-16-4-17-35-72)73-36-18-5-19-37-73)89-82-60-52-69(65-46-53-78(54-47-65)91(70-30-12-2-13-31-70)71-32-14-3-15-33-71)62-86(82)87-63-81(94(76-42-24-8-25-43-76)77-44-26-9-27-45-77)59-61-83(87)90(89)88(84)68-50-57-80(58-51-68)93(74-38-20-6-21-39-74)75-40-22-7-23-41-75/h1-64H. The predicted molar refractivity (Wildman–Crippen MR) is 399 cm³/mol. The minimum absolute atomic E-state index is 1.06. The van der Waals surface area contributed by atoms with E-state index in [1.807, 2.05) is 0 Å². The van der Waals surface area contributed by atoms with Gasteiger partial charge in [-0.15, -0.1) is 0 Å². The maximum absolute atomic E-state index is 2.48. The largest absolute Gasteiger partial charge is 0.311 e. The van der Waals surface area contributed by atoms with Gasteiger partial charge in [-0.2, -0.15) is 0 Å². The molecule has 444 valence electrons. The van der Waals surface area contributed by atoms with Crippen molar-refractivity contribution in [2.24, 2.45) is 0 Å². The van der Waals surface area contributed by atoms with Crippen molar-refractivity contribution in [3.05, 3.63) is 388 Å². The molecule has 4 heteroatoms. The van der Waals surface area contributed by atoms with Gasteiger partial charge in [0.05, 0.1) is 0 Å². The molecular formula is C90H64N4. The van der Waals surface area contributed by atoms with Crippen LogP contribution in [0.1, 0.15) is 0 Å². The van der Waals surface area contributed by atoms with Crippen LogP contribution in [-0.4, -0.2) is 0 Å². The van der Waals surface area contributed by atoms with E-state index in [4.69, 9.17) is 0 Å². The highest BCUT2D eigenvalue weighted by atomic mass is 15.2. The van der Waals surface area contributed by atoms with E-state index in [-0.39, 0.29) is 0 Å². The third kappa shape index (κ3) is 11.0. The van der Waals surface area contributed by atoms with Gasteiger partial charge in [0, 0.05) is 68.2 Å². The monoisotopic (exact) mass is 1200 g/mol. The van der Waals surface area contributed by atoms with Gasteiger partial charge in [-0.3, -0.25) is 0 Å². The highest BCUT2D eigenvalue weighted by Gasteiger charge is 2.25. The molecule has 0 heterocycles. The lowest BCUT2D eigenvalue weighted by atomic mass is 9.81. The van der Waals surface area contributed by atoms with Gasteiger partial charge in [-0.25, -0.2) is 0 Å². The molecule has 0 saturated heterocycles. The van der Waals surface area contributed by atoms with Crippen molar-refractivity contribution in [3.8, 4) is 44.5 Å². The van der Waals surface area contributed by atoms with Crippen LogP contribution in [0.3, 0.4) is 0 Å². The van der Waals surface area contributed by atoms with Gasteiger partial charge in [-0.1, -0.05) is 231 Å². The summed E-state index contributed by atoms with van der Waals surface area (Å²) in [5, 5.41) is 7.01. The van der Waals surface area contributed by atoms with Crippen LogP contribution in [0.15, 0.2) is 388 Å². The average molecular weight is 1200 g/mol. The Bertz CT molecular complexity index is 5080. The van der Waals surface area contributed by atoms with E-state index in [9.17, 15) is 0 Å². The van der Waals surface area contributed by atoms with Gasteiger partial charge < -0.3 is 19.6 Å². The summed E-state index contributed by atoms with van der Waals surface area (Å²) in [6, 6.07) is 141. The van der Waals surface area contributed by atoms with Crippen molar-refractivity contribution in [1.82, 2.24) is 0 Å². The zero-order chi connectivity index (χ0) is 62.6. The summed E-state index contributed by atoms with van der Waals surface area (Å²) in [5.74, 6) is 0. The zero-order valence-electron chi connectivity index (χ0n) is 51.7. The quantitative estimate of drug-likeness (QED) is 0.0894. The first-order valence-corrected chi connectivity index (χ1v) is 32.1. The fourth-order valence-electron chi connectivity index (χ4n) is 13.7. The second-order valence-electron chi connectivity index (χ2n) is 23.6. The Balaban J connectivity index is 0.976. The van der Waals surface area contributed by atoms with Crippen molar-refractivity contribution >= 4 is 101 Å². The fraction of sp³-hybridized carbons (Fsp3) is 0. The molecule has 0 aliphatic rings. The minimum Gasteiger partial charge on any atom is -0.311 e. The summed E-state index contributed by atoms with van der Waals surface area (Å²) in [6.07, 6.45) is 0. The molecule has 4 nitrogen and oxygen atoms in total. The number of anilines is 12. The van der Waals surface area contributed by atoms with E-state index >= 15 is 0 Å². The van der Waals surface area contributed by atoms with Crippen molar-refractivity contribution in [3.63, 3.8) is 0 Å². The van der Waals surface area contributed by atoms with Crippen molar-refractivity contribution in [1.29, 1.82) is 0 Å². The Hall–Kier alpha value is -12.5. The molecule has 0 unspecified atom stereocenters. The Morgan fingerprint density at radius 3 is 0.766 bits per heavy atom. The van der Waals surface area contributed by atoms with Crippen LogP contribution in [0.5, 0.6) is 0 Å². The van der Waals surface area contributed by atoms with Gasteiger partial charge in [0.15, 0.2) is 0 Å². The van der Waals surface area contributed by atoms with E-state index in [2.05, 4.69) is 408 Å². The maximum atomic E-state index is 2.48. The van der Waals surface area contributed by atoms with Gasteiger partial charge in [-0.05, 0) is 235 Å². The molecular weight excluding hydrogens is 1140 g/mol. The number of hydrogen-bond donors (Lipinski definition) is 0. The van der Waals surface area contributed by atoms with E-state index < -0.39 is 0 Å². The molecule has 16 rings (SSSR count). The first-order chi connectivity index (χ1) is 46.7. The lowest BCUT2D eigenvalue weighted by Gasteiger charge is -2.27. The summed E-state index contributed by atoms with van der Waals surface area (Å²) < 4.78 is 0. The molecule has 0 bridgehead atoms. The van der Waals surface area contributed by atoms with Crippen LogP contribution < -0.4 is 19.6 Å². The topological polar surface area (TPSA) is 13.0 Å². The third-order valence-corrected chi connectivity index (χ3v) is 17.9. The molecule has 0 aliphatic heterocycles. The van der Waals surface area contributed by atoms with Gasteiger partial charge in [0.1, 0.15) is 0 Å². The second kappa shape index (κ2) is 25.4.